The smallest absolute Gasteiger partial charge is 0.330 e. The molecule has 0 saturated heterocycles. The Balaban J connectivity index is 3.58. The van der Waals surface area contributed by atoms with Crippen LogP contribution in [0.1, 0.15) is 189 Å². The van der Waals surface area contributed by atoms with Gasteiger partial charge in [0.15, 0.2) is 0 Å². The number of carbonyl (C=O) groups is 1. The molecule has 0 aliphatic heterocycles. The van der Waals surface area contributed by atoms with Crippen LogP contribution < -0.4 is 0 Å². The Kier molecular flexibility index (Phi) is 28.7. The molecule has 0 heterocycles. The number of hydrogen-bond donors (Lipinski definition) is 0. The van der Waals surface area contributed by atoms with Crippen molar-refractivity contribution in [1.29, 1.82) is 0 Å². The highest BCUT2D eigenvalue weighted by Crippen LogP contribution is 2.22. The lowest BCUT2D eigenvalue weighted by molar-refractivity contribution is -0.137. The van der Waals surface area contributed by atoms with E-state index < -0.39 is 0 Å². The first-order chi connectivity index (χ1) is 19.3. The summed E-state index contributed by atoms with van der Waals surface area (Å²) in [5.41, 5.74) is 1.16. The number of esters is 1. The molecule has 0 rings (SSSR count). The number of carbonyl (C=O) groups excluding carboxylic acids is 1. The Labute approximate surface area is 252 Å². The van der Waals surface area contributed by atoms with E-state index in [0.29, 0.717) is 6.61 Å². The molecule has 0 fully saturated rings. The first-order valence-corrected chi connectivity index (χ1v) is 17.8. The van der Waals surface area contributed by atoms with Gasteiger partial charge in [-0.2, -0.15) is 0 Å². The summed E-state index contributed by atoms with van der Waals surface area (Å²) >= 11 is 0. The van der Waals surface area contributed by atoms with E-state index in [1.54, 1.807) is 6.08 Å². The van der Waals surface area contributed by atoms with Crippen molar-refractivity contribution in [3.05, 3.63) is 23.8 Å². The lowest BCUT2D eigenvalue weighted by atomic mass is 9.91. The van der Waals surface area contributed by atoms with Crippen LogP contribution in [0, 0.1) is 17.8 Å². The van der Waals surface area contributed by atoms with Crippen molar-refractivity contribution in [1.82, 2.24) is 0 Å². The van der Waals surface area contributed by atoms with Crippen LogP contribution in [0.3, 0.4) is 0 Å². The summed E-state index contributed by atoms with van der Waals surface area (Å²) in [6, 6.07) is 0. The number of unbranched alkanes of at least 4 members (excludes halogenated alkanes) is 12. The number of allylic oxidation sites excluding steroid dienone is 3. The van der Waals surface area contributed by atoms with Crippen LogP contribution in [0.5, 0.6) is 0 Å². The van der Waals surface area contributed by atoms with Gasteiger partial charge in [0.2, 0.25) is 0 Å². The average Bonchev–Trinajstić information content (AvgIpc) is 2.90. The highest BCUT2D eigenvalue weighted by Gasteiger charge is 2.07. The lowest BCUT2D eigenvalue weighted by Crippen LogP contribution is -2.03. The molecule has 0 aromatic heterocycles. The van der Waals surface area contributed by atoms with Crippen LogP contribution in [0.15, 0.2) is 23.8 Å². The molecule has 0 aromatic rings. The van der Waals surface area contributed by atoms with E-state index in [1.807, 2.05) is 0 Å². The summed E-state index contributed by atoms with van der Waals surface area (Å²) in [7, 11) is 0. The molecule has 2 heteroatoms. The summed E-state index contributed by atoms with van der Waals surface area (Å²) in [5.74, 6) is 2.35. The summed E-state index contributed by atoms with van der Waals surface area (Å²) in [4.78, 5) is 12.1. The van der Waals surface area contributed by atoms with Gasteiger partial charge in [0.25, 0.3) is 0 Å². The zero-order valence-corrected chi connectivity index (χ0v) is 28.3. The van der Waals surface area contributed by atoms with Crippen LogP contribution in [-0.2, 0) is 9.53 Å². The highest BCUT2D eigenvalue weighted by molar-refractivity contribution is 5.82. The zero-order valence-electron chi connectivity index (χ0n) is 28.3. The average molecular weight is 561 g/mol. The molecule has 0 aliphatic rings. The Morgan fingerprint density at radius 1 is 0.600 bits per heavy atom. The lowest BCUT2D eigenvalue weighted by Gasteiger charge is -2.15. The molecule has 0 amide bonds. The highest BCUT2D eigenvalue weighted by atomic mass is 16.5. The fraction of sp³-hybridized carbons (Fsp3) is 0.868. The van der Waals surface area contributed by atoms with Gasteiger partial charge in [-0.1, -0.05) is 155 Å². The van der Waals surface area contributed by atoms with E-state index in [1.165, 1.54) is 135 Å². The van der Waals surface area contributed by atoms with E-state index in [-0.39, 0.29) is 5.97 Å². The minimum absolute atomic E-state index is 0.148. The van der Waals surface area contributed by atoms with Gasteiger partial charge in [0, 0.05) is 6.08 Å². The van der Waals surface area contributed by atoms with Gasteiger partial charge in [0.05, 0.1) is 6.61 Å². The van der Waals surface area contributed by atoms with Gasteiger partial charge in [-0.15, -0.1) is 0 Å². The molecule has 2 atom stereocenters. The summed E-state index contributed by atoms with van der Waals surface area (Å²) < 4.78 is 5.45. The second-order valence-electron chi connectivity index (χ2n) is 13.5. The monoisotopic (exact) mass is 561 g/mol. The van der Waals surface area contributed by atoms with E-state index in [0.717, 1.165) is 36.2 Å². The molecule has 2 nitrogen and oxygen atoms in total. The van der Waals surface area contributed by atoms with Gasteiger partial charge >= 0.3 is 5.97 Å². The maximum Gasteiger partial charge on any atom is 0.330 e. The Hall–Kier alpha value is -1.05. The molecule has 0 aromatic carbocycles. The molecular formula is C38H72O2. The fourth-order valence-electron chi connectivity index (χ4n) is 5.54. The van der Waals surface area contributed by atoms with Crippen molar-refractivity contribution in [3.63, 3.8) is 0 Å². The number of rotatable bonds is 29. The largest absolute Gasteiger partial charge is 0.463 e. The second kappa shape index (κ2) is 29.4. The summed E-state index contributed by atoms with van der Waals surface area (Å²) in [6.45, 7) is 14.4. The van der Waals surface area contributed by atoms with Gasteiger partial charge in [-0.05, 0) is 69.6 Å². The normalized spacial score (nSPS) is 13.8. The van der Waals surface area contributed by atoms with Crippen molar-refractivity contribution in [2.75, 3.05) is 6.61 Å². The number of ether oxygens (including phenoxy) is 1. The first kappa shape index (κ1) is 39.0. The van der Waals surface area contributed by atoms with Gasteiger partial charge in [0.1, 0.15) is 0 Å². The van der Waals surface area contributed by atoms with Gasteiger partial charge in [-0.3, -0.25) is 0 Å². The van der Waals surface area contributed by atoms with Gasteiger partial charge < -0.3 is 4.74 Å². The number of hydrogen-bond acceptors (Lipinski definition) is 2. The Morgan fingerprint density at radius 3 is 1.62 bits per heavy atom. The van der Waals surface area contributed by atoms with Gasteiger partial charge in [-0.25, -0.2) is 4.79 Å². The quantitative estimate of drug-likeness (QED) is 0.0393. The van der Waals surface area contributed by atoms with Crippen LogP contribution in [-0.4, -0.2) is 12.6 Å². The van der Waals surface area contributed by atoms with Crippen molar-refractivity contribution < 1.29 is 9.53 Å². The van der Waals surface area contributed by atoms with Crippen LogP contribution in [0.25, 0.3) is 0 Å². The van der Waals surface area contributed by atoms with Crippen LogP contribution in [0.2, 0.25) is 0 Å². The van der Waals surface area contributed by atoms with Crippen LogP contribution in [0.4, 0.5) is 0 Å². The SMILES string of the molecule is CCCCCCCCC=CCCCCCCCCOC(=O)C=C(C)CCCC(C)CCCC(C)CCCC(C)C. The predicted octanol–water partition coefficient (Wildman–Crippen LogP) is 13.0. The molecule has 0 spiro atoms. The van der Waals surface area contributed by atoms with E-state index in [9.17, 15) is 4.79 Å². The Morgan fingerprint density at radius 2 is 1.07 bits per heavy atom. The van der Waals surface area contributed by atoms with Crippen molar-refractivity contribution >= 4 is 5.97 Å². The maximum atomic E-state index is 12.1. The first-order valence-electron chi connectivity index (χ1n) is 17.8. The summed E-state index contributed by atoms with van der Waals surface area (Å²) in [6.07, 6.45) is 36.3. The molecule has 0 aliphatic carbocycles. The van der Waals surface area contributed by atoms with E-state index >= 15 is 0 Å². The molecule has 0 radical (unpaired) electrons. The minimum atomic E-state index is -0.148. The molecule has 40 heavy (non-hydrogen) atoms. The zero-order chi connectivity index (χ0) is 29.7. The van der Waals surface area contributed by atoms with Crippen molar-refractivity contribution in [2.24, 2.45) is 17.8 Å². The maximum absolute atomic E-state index is 12.1. The molecule has 0 saturated carbocycles. The molecular weight excluding hydrogens is 488 g/mol. The van der Waals surface area contributed by atoms with Crippen molar-refractivity contribution in [2.45, 2.75) is 189 Å². The third-order valence-electron chi connectivity index (χ3n) is 8.40. The van der Waals surface area contributed by atoms with E-state index in [2.05, 4.69) is 53.7 Å². The van der Waals surface area contributed by atoms with E-state index in [4.69, 9.17) is 4.74 Å². The van der Waals surface area contributed by atoms with Crippen molar-refractivity contribution in [3.8, 4) is 0 Å². The topological polar surface area (TPSA) is 26.3 Å². The minimum Gasteiger partial charge on any atom is -0.463 e. The standard InChI is InChI=1S/C38H72O2/c1-7-8-9-10-11-12-13-14-15-16-17-18-19-20-21-22-32-40-38(39)33-37(6)31-25-30-36(5)29-24-28-35(4)27-23-26-34(2)3/h14-15,33-36H,7-13,16-32H2,1-6H3. The fourth-order valence-corrected chi connectivity index (χ4v) is 5.54. The third kappa shape index (κ3) is 29.9. The molecule has 236 valence electrons. The third-order valence-corrected chi connectivity index (χ3v) is 8.40. The predicted molar refractivity (Wildman–Crippen MR) is 179 cm³/mol. The molecule has 0 bridgehead atoms. The van der Waals surface area contributed by atoms with Crippen LogP contribution >= 0.6 is 0 Å². The second-order valence-corrected chi connectivity index (χ2v) is 13.5. The summed E-state index contributed by atoms with van der Waals surface area (Å²) in [5, 5.41) is 0. The molecule has 0 N–H and O–H groups in total. The Bertz CT molecular complexity index is 603. The molecule has 2 unspecified atom stereocenters.